The molecule has 1 aliphatic heterocycles. The lowest BCUT2D eigenvalue weighted by molar-refractivity contribution is -0.137. The highest BCUT2D eigenvalue weighted by atomic mass is 32.2. The fourth-order valence-corrected chi connectivity index (χ4v) is 5.30. The quantitative estimate of drug-likeness (QED) is 0.484. The predicted octanol–water partition coefficient (Wildman–Crippen LogP) is 1.04. The van der Waals surface area contributed by atoms with E-state index in [4.69, 9.17) is 4.74 Å². The standard InChI is InChI=1S/C21H21N5O5S/c27-20(13-31-21(28)17-7-4-8-18(11-17)26-15-22-23-24-26)25(12-16-5-2-1-3-6-16)19-9-10-32(29,30)14-19/h1-8,11,15,19H,9-10,12-14H2/t19-/m0/s1. The zero-order valence-electron chi connectivity index (χ0n) is 17.1. The SMILES string of the molecule is O=C(OCC(=O)N(Cc1ccccc1)[C@H]1CCS(=O)(=O)C1)c1cccc(-n2cnnn2)c1. The van der Waals surface area contributed by atoms with Gasteiger partial charge in [0.2, 0.25) is 0 Å². The van der Waals surface area contributed by atoms with Crippen LogP contribution < -0.4 is 0 Å². The minimum absolute atomic E-state index is 0.0416. The van der Waals surface area contributed by atoms with Gasteiger partial charge in [-0.15, -0.1) is 5.10 Å². The molecule has 1 fully saturated rings. The van der Waals surface area contributed by atoms with Crippen LogP contribution in [-0.2, 0) is 25.9 Å². The van der Waals surface area contributed by atoms with Crippen LogP contribution in [0.2, 0.25) is 0 Å². The number of carbonyl (C=O) groups is 2. The van der Waals surface area contributed by atoms with E-state index >= 15 is 0 Å². The summed E-state index contributed by atoms with van der Waals surface area (Å²) < 4.78 is 30.6. The van der Waals surface area contributed by atoms with E-state index in [2.05, 4.69) is 15.5 Å². The van der Waals surface area contributed by atoms with Crippen LogP contribution in [-0.4, -0.2) is 69.6 Å². The van der Waals surface area contributed by atoms with Gasteiger partial charge in [0, 0.05) is 12.6 Å². The maximum Gasteiger partial charge on any atom is 0.338 e. The molecule has 0 spiro atoms. The van der Waals surface area contributed by atoms with Gasteiger partial charge in [-0.2, -0.15) is 0 Å². The number of esters is 1. The number of ether oxygens (including phenoxy) is 1. The molecule has 0 radical (unpaired) electrons. The molecule has 4 rings (SSSR count). The second-order valence-electron chi connectivity index (χ2n) is 7.44. The third-order valence-electron chi connectivity index (χ3n) is 5.19. The number of hydrogen-bond acceptors (Lipinski definition) is 8. The molecule has 1 atom stereocenters. The van der Waals surface area contributed by atoms with Crippen LogP contribution in [0.5, 0.6) is 0 Å². The van der Waals surface area contributed by atoms with E-state index in [1.165, 1.54) is 15.9 Å². The molecule has 32 heavy (non-hydrogen) atoms. The normalized spacial score (nSPS) is 17.1. The molecule has 0 aliphatic carbocycles. The third-order valence-corrected chi connectivity index (χ3v) is 6.94. The molecule has 0 saturated carbocycles. The van der Waals surface area contributed by atoms with Crippen molar-refractivity contribution in [2.45, 2.75) is 19.0 Å². The average Bonchev–Trinajstić information content (AvgIpc) is 3.46. The van der Waals surface area contributed by atoms with Gasteiger partial charge in [-0.3, -0.25) is 4.79 Å². The molecule has 1 aliphatic rings. The number of sulfone groups is 1. The number of hydrogen-bond donors (Lipinski definition) is 0. The Morgan fingerprint density at radius 2 is 1.94 bits per heavy atom. The van der Waals surface area contributed by atoms with E-state index in [1.54, 1.807) is 24.3 Å². The molecule has 0 unspecified atom stereocenters. The van der Waals surface area contributed by atoms with E-state index < -0.39 is 34.4 Å². The van der Waals surface area contributed by atoms with Crippen molar-refractivity contribution in [2.24, 2.45) is 0 Å². The second-order valence-corrected chi connectivity index (χ2v) is 9.67. The molecule has 2 aromatic carbocycles. The molecule has 1 amide bonds. The molecule has 10 nitrogen and oxygen atoms in total. The van der Waals surface area contributed by atoms with Gasteiger partial charge in [0.1, 0.15) is 6.33 Å². The first-order valence-electron chi connectivity index (χ1n) is 9.96. The van der Waals surface area contributed by atoms with Gasteiger partial charge in [0.15, 0.2) is 16.4 Å². The number of tetrazole rings is 1. The fraction of sp³-hybridized carbons (Fsp3) is 0.286. The summed E-state index contributed by atoms with van der Waals surface area (Å²) in [4.78, 5) is 27.0. The Labute approximate surface area is 184 Å². The Morgan fingerprint density at radius 3 is 2.62 bits per heavy atom. The molecular weight excluding hydrogens is 434 g/mol. The summed E-state index contributed by atoms with van der Waals surface area (Å²) in [7, 11) is -3.19. The zero-order chi connectivity index (χ0) is 22.6. The summed E-state index contributed by atoms with van der Waals surface area (Å²) >= 11 is 0. The largest absolute Gasteiger partial charge is 0.452 e. The molecular formula is C21H21N5O5S. The van der Waals surface area contributed by atoms with Crippen molar-refractivity contribution in [2.75, 3.05) is 18.1 Å². The Morgan fingerprint density at radius 1 is 1.12 bits per heavy atom. The lowest BCUT2D eigenvalue weighted by Crippen LogP contribution is -2.42. The third kappa shape index (κ3) is 5.17. The molecule has 11 heteroatoms. The van der Waals surface area contributed by atoms with Crippen molar-refractivity contribution >= 4 is 21.7 Å². The van der Waals surface area contributed by atoms with Crippen molar-refractivity contribution in [3.8, 4) is 5.69 Å². The first-order valence-corrected chi connectivity index (χ1v) is 11.8. The van der Waals surface area contributed by atoms with Gasteiger partial charge in [0.25, 0.3) is 5.91 Å². The Kier molecular flexibility index (Phi) is 6.26. The summed E-state index contributed by atoms with van der Waals surface area (Å²) in [5.74, 6) is -1.17. The summed E-state index contributed by atoms with van der Waals surface area (Å²) in [6.07, 6.45) is 1.76. The summed E-state index contributed by atoms with van der Waals surface area (Å²) in [6.45, 7) is -0.247. The zero-order valence-corrected chi connectivity index (χ0v) is 17.9. The first-order chi connectivity index (χ1) is 15.4. The number of carbonyl (C=O) groups excluding carboxylic acids is 2. The van der Waals surface area contributed by atoms with Crippen molar-refractivity contribution < 1.29 is 22.7 Å². The van der Waals surface area contributed by atoms with Crippen LogP contribution in [0.1, 0.15) is 22.3 Å². The van der Waals surface area contributed by atoms with Crippen molar-refractivity contribution in [3.63, 3.8) is 0 Å². The van der Waals surface area contributed by atoms with Crippen molar-refractivity contribution in [3.05, 3.63) is 72.1 Å². The highest BCUT2D eigenvalue weighted by molar-refractivity contribution is 7.91. The van der Waals surface area contributed by atoms with E-state index in [1.807, 2.05) is 30.3 Å². The van der Waals surface area contributed by atoms with E-state index in [9.17, 15) is 18.0 Å². The monoisotopic (exact) mass is 455 g/mol. The van der Waals surface area contributed by atoms with Gasteiger partial charge in [-0.05, 0) is 40.6 Å². The number of benzene rings is 2. The molecule has 1 aromatic heterocycles. The number of aromatic nitrogens is 4. The smallest absolute Gasteiger partial charge is 0.338 e. The van der Waals surface area contributed by atoms with Gasteiger partial charge in [-0.25, -0.2) is 17.9 Å². The van der Waals surface area contributed by atoms with Gasteiger partial charge in [-0.1, -0.05) is 36.4 Å². The van der Waals surface area contributed by atoms with Crippen LogP contribution in [0.15, 0.2) is 60.9 Å². The minimum Gasteiger partial charge on any atom is -0.452 e. The fourth-order valence-electron chi connectivity index (χ4n) is 3.57. The van der Waals surface area contributed by atoms with Crippen LogP contribution in [0, 0.1) is 0 Å². The van der Waals surface area contributed by atoms with Crippen LogP contribution in [0.3, 0.4) is 0 Å². The number of rotatable bonds is 7. The van der Waals surface area contributed by atoms with E-state index in [0.717, 1.165) is 5.56 Å². The van der Waals surface area contributed by atoms with Gasteiger partial charge >= 0.3 is 5.97 Å². The van der Waals surface area contributed by atoms with Crippen LogP contribution >= 0.6 is 0 Å². The molecule has 2 heterocycles. The summed E-state index contributed by atoms with van der Waals surface area (Å²) in [5, 5.41) is 10.9. The Hall–Kier alpha value is -3.60. The van der Waals surface area contributed by atoms with Crippen LogP contribution in [0.4, 0.5) is 0 Å². The Balaban J connectivity index is 1.45. The van der Waals surface area contributed by atoms with E-state index in [0.29, 0.717) is 12.1 Å². The highest BCUT2D eigenvalue weighted by Crippen LogP contribution is 2.21. The molecule has 166 valence electrons. The summed E-state index contributed by atoms with van der Waals surface area (Å²) in [5.41, 5.74) is 1.67. The lowest BCUT2D eigenvalue weighted by atomic mass is 10.1. The van der Waals surface area contributed by atoms with E-state index in [-0.39, 0.29) is 23.6 Å². The topological polar surface area (TPSA) is 124 Å². The van der Waals surface area contributed by atoms with Gasteiger partial charge < -0.3 is 9.64 Å². The van der Waals surface area contributed by atoms with Crippen molar-refractivity contribution in [1.29, 1.82) is 0 Å². The number of nitrogens with zero attached hydrogens (tertiary/aromatic N) is 5. The first kappa shape index (κ1) is 21.6. The molecule has 0 N–H and O–H groups in total. The summed E-state index contributed by atoms with van der Waals surface area (Å²) in [6, 6.07) is 15.3. The second kappa shape index (κ2) is 9.27. The Bertz CT molecular complexity index is 1200. The van der Waals surface area contributed by atoms with Crippen molar-refractivity contribution in [1.82, 2.24) is 25.1 Å². The number of amides is 1. The average molecular weight is 455 g/mol. The van der Waals surface area contributed by atoms with Gasteiger partial charge in [0.05, 0.1) is 22.8 Å². The molecule has 1 saturated heterocycles. The molecule has 0 bridgehead atoms. The molecule has 3 aromatic rings. The lowest BCUT2D eigenvalue weighted by Gasteiger charge is -2.28. The maximum atomic E-state index is 13.0. The minimum atomic E-state index is -3.19. The highest BCUT2D eigenvalue weighted by Gasteiger charge is 2.35. The predicted molar refractivity (Wildman–Crippen MR) is 113 cm³/mol. The van der Waals surface area contributed by atoms with Crippen LogP contribution in [0.25, 0.3) is 5.69 Å². The maximum absolute atomic E-state index is 13.0.